The van der Waals surface area contributed by atoms with E-state index < -0.39 is 15.0 Å². The summed E-state index contributed by atoms with van der Waals surface area (Å²) in [6.45, 7) is 2.10. The van der Waals surface area contributed by atoms with E-state index in [0.717, 1.165) is 19.2 Å². The van der Waals surface area contributed by atoms with E-state index >= 15 is 0 Å². The van der Waals surface area contributed by atoms with Crippen LogP contribution in [0.2, 0.25) is 0 Å². The Morgan fingerprint density at radius 2 is 1.26 bits per heavy atom. The zero-order valence-corrected chi connectivity index (χ0v) is 15.6. The molecule has 142 valence electrons. The molecular formula is C20H23N3O3S. The van der Waals surface area contributed by atoms with E-state index in [1.54, 1.807) is 0 Å². The van der Waals surface area contributed by atoms with Gasteiger partial charge in [0.05, 0.1) is 4.90 Å². The molecule has 3 aromatic carbocycles. The van der Waals surface area contributed by atoms with Crippen LogP contribution in [0.1, 0.15) is 11.1 Å². The predicted molar refractivity (Wildman–Crippen MR) is 105 cm³/mol. The van der Waals surface area contributed by atoms with Crippen molar-refractivity contribution in [2.75, 3.05) is 11.5 Å². The Labute approximate surface area is 159 Å². The van der Waals surface area contributed by atoms with Crippen LogP contribution >= 0.6 is 0 Å². The molecule has 6 nitrogen and oxygen atoms in total. The van der Waals surface area contributed by atoms with E-state index in [0.29, 0.717) is 0 Å². The molecule has 0 fully saturated rings. The second kappa shape index (κ2) is 9.72. The second-order valence-electron chi connectivity index (χ2n) is 5.92. The fourth-order valence-electron chi connectivity index (χ4n) is 2.40. The van der Waals surface area contributed by atoms with Gasteiger partial charge in [0, 0.05) is 22.5 Å². The number of rotatable bonds is 5. The lowest BCUT2D eigenvalue weighted by Gasteiger charge is -2.09. The highest BCUT2D eigenvalue weighted by Crippen LogP contribution is 2.20. The fourth-order valence-corrected chi connectivity index (χ4v) is 3.04. The number of quaternary nitrogens is 1. The maximum atomic E-state index is 10.5. The summed E-state index contributed by atoms with van der Waals surface area (Å²) >= 11 is 0. The molecule has 0 aliphatic rings. The maximum absolute atomic E-state index is 10.5. The molecule has 0 bridgehead atoms. The molecule has 3 aromatic rings. The molecule has 7 heteroatoms. The van der Waals surface area contributed by atoms with Crippen LogP contribution in [0.3, 0.4) is 0 Å². The molecule has 6 N–H and O–H groups in total. The Bertz CT molecular complexity index is 907. The van der Waals surface area contributed by atoms with Crippen LogP contribution in [0.4, 0.5) is 11.4 Å². The van der Waals surface area contributed by atoms with Crippen molar-refractivity contribution in [3.05, 3.63) is 90.0 Å². The van der Waals surface area contributed by atoms with Crippen LogP contribution < -0.4 is 16.8 Å². The van der Waals surface area contributed by atoms with Crippen molar-refractivity contribution in [1.82, 2.24) is 0 Å². The van der Waals surface area contributed by atoms with Gasteiger partial charge in [0.1, 0.15) is 23.2 Å². The highest BCUT2D eigenvalue weighted by Gasteiger charge is 2.05. The van der Waals surface area contributed by atoms with Crippen molar-refractivity contribution in [1.29, 1.82) is 0 Å². The molecule has 0 unspecified atom stereocenters. The van der Waals surface area contributed by atoms with E-state index in [1.807, 2.05) is 0 Å². The van der Waals surface area contributed by atoms with Crippen molar-refractivity contribution in [2.45, 2.75) is 18.0 Å². The van der Waals surface area contributed by atoms with Gasteiger partial charge in [-0.3, -0.25) is 0 Å². The molecular weight excluding hydrogens is 362 g/mol. The number of nitrogens with two attached hydrogens (primary N) is 3. The van der Waals surface area contributed by atoms with Crippen molar-refractivity contribution in [2.24, 2.45) is 0 Å². The summed E-state index contributed by atoms with van der Waals surface area (Å²) in [6.07, 6.45) is 0. The Balaban J connectivity index is 0.000000199. The van der Waals surface area contributed by atoms with Gasteiger partial charge in [-0.1, -0.05) is 60.7 Å². The summed E-state index contributed by atoms with van der Waals surface area (Å²) in [7, 11) is -4.51. The van der Waals surface area contributed by atoms with E-state index in [4.69, 9.17) is 11.5 Å². The third kappa shape index (κ3) is 7.10. The first-order chi connectivity index (χ1) is 12.9. The highest BCUT2D eigenvalue weighted by atomic mass is 32.2. The third-order valence-electron chi connectivity index (χ3n) is 3.75. The monoisotopic (exact) mass is 385 g/mol. The summed E-state index contributed by atoms with van der Waals surface area (Å²) < 4.78 is 31.5. The lowest BCUT2D eigenvalue weighted by atomic mass is 10.2. The van der Waals surface area contributed by atoms with Crippen molar-refractivity contribution in [3.63, 3.8) is 0 Å². The van der Waals surface area contributed by atoms with Gasteiger partial charge in [-0.2, -0.15) is 0 Å². The smallest absolute Gasteiger partial charge is 0.126 e. The van der Waals surface area contributed by atoms with Crippen molar-refractivity contribution >= 4 is 21.5 Å². The standard InChI is InChI=1S/C14H15N.C6H8N2O3S/c1-3-7-13(8-4-1)11-15-12-14-9-5-2-6-10-14;7-4-1-2-5(8)6(3-4)12(9,10)11/h1-10,15H,11-12H2;1-3H,7-8H2,(H,9,10,11). The predicted octanol–water partition coefficient (Wildman–Crippen LogP) is 1.71. The van der Waals surface area contributed by atoms with Gasteiger partial charge in [-0.05, 0) is 18.2 Å². The van der Waals surface area contributed by atoms with Gasteiger partial charge < -0.3 is 21.3 Å². The highest BCUT2D eigenvalue weighted by molar-refractivity contribution is 7.86. The van der Waals surface area contributed by atoms with Gasteiger partial charge >= 0.3 is 0 Å². The molecule has 0 heterocycles. The van der Waals surface area contributed by atoms with E-state index in [1.165, 1.54) is 23.3 Å². The first-order valence-corrected chi connectivity index (χ1v) is 9.77. The first kappa shape index (κ1) is 20.4. The van der Waals surface area contributed by atoms with E-state index in [9.17, 15) is 13.0 Å². The summed E-state index contributed by atoms with van der Waals surface area (Å²) in [6, 6.07) is 24.9. The Morgan fingerprint density at radius 3 is 1.67 bits per heavy atom. The van der Waals surface area contributed by atoms with Gasteiger partial charge in [0.2, 0.25) is 0 Å². The average Bonchev–Trinajstić information content (AvgIpc) is 2.65. The van der Waals surface area contributed by atoms with Crippen LogP contribution in [-0.2, 0) is 23.2 Å². The number of nitrogen functional groups attached to an aromatic ring is 2. The summed E-state index contributed by atoms with van der Waals surface area (Å²) in [5.74, 6) is 0. The summed E-state index contributed by atoms with van der Waals surface area (Å²) in [5, 5.41) is 2.32. The minimum absolute atomic E-state index is 0.0841. The molecule has 0 atom stereocenters. The lowest BCUT2D eigenvalue weighted by Crippen LogP contribution is -2.80. The lowest BCUT2D eigenvalue weighted by molar-refractivity contribution is -0.686. The van der Waals surface area contributed by atoms with Gasteiger partial charge in [0.25, 0.3) is 0 Å². The molecule has 0 aliphatic heterocycles. The van der Waals surface area contributed by atoms with Crippen molar-refractivity contribution < 1.29 is 18.3 Å². The van der Waals surface area contributed by atoms with E-state index in [2.05, 4.69) is 66.0 Å². The minimum atomic E-state index is -4.51. The first-order valence-electron chi connectivity index (χ1n) is 8.36. The van der Waals surface area contributed by atoms with Crippen LogP contribution in [0.25, 0.3) is 0 Å². The van der Waals surface area contributed by atoms with Gasteiger partial charge in [-0.25, -0.2) is 8.42 Å². The normalized spacial score (nSPS) is 10.7. The topological polar surface area (TPSA) is 126 Å². The maximum Gasteiger partial charge on any atom is 0.126 e. The third-order valence-corrected chi connectivity index (χ3v) is 4.64. The SMILES string of the molecule is Nc1ccc(N)c(S(=O)(=O)[O-])c1.c1ccc(C[NH2+]Cc2ccccc2)cc1. The fraction of sp³-hybridized carbons (Fsp3) is 0.100. The zero-order chi connectivity index (χ0) is 19.7. The molecule has 3 rings (SSSR count). The largest absolute Gasteiger partial charge is 0.744 e. The van der Waals surface area contributed by atoms with Crippen LogP contribution in [0, 0.1) is 0 Å². The summed E-state index contributed by atoms with van der Waals surface area (Å²) in [4.78, 5) is -0.470. The molecule has 0 saturated carbocycles. The minimum Gasteiger partial charge on any atom is -0.744 e. The molecule has 0 amide bonds. The molecule has 0 saturated heterocycles. The second-order valence-corrected chi connectivity index (χ2v) is 7.27. The van der Waals surface area contributed by atoms with E-state index in [-0.39, 0.29) is 11.4 Å². The summed E-state index contributed by atoms with van der Waals surface area (Å²) in [5.41, 5.74) is 13.4. The quantitative estimate of drug-likeness (QED) is 0.455. The van der Waals surface area contributed by atoms with Gasteiger partial charge in [-0.15, -0.1) is 0 Å². The molecule has 0 aromatic heterocycles. The van der Waals surface area contributed by atoms with Crippen LogP contribution in [-0.4, -0.2) is 13.0 Å². The Kier molecular flexibility index (Phi) is 7.36. The zero-order valence-electron chi connectivity index (χ0n) is 14.8. The molecule has 0 spiro atoms. The average molecular weight is 385 g/mol. The Morgan fingerprint density at radius 1 is 0.778 bits per heavy atom. The molecule has 0 radical (unpaired) electrons. The number of hydrogen-bond acceptors (Lipinski definition) is 5. The van der Waals surface area contributed by atoms with Gasteiger partial charge in [0.15, 0.2) is 0 Å². The number of benzene rings is 3. The number of anilines is 2. The van der Waals surface area contributed by atoms with Crippen molar-refractivity contribution in [3.8, 4) is 0 Å². The number of hydrogen-bond donors (Lipinski definition) is 3. The van der Waals surface area contributed by atoms with Crippen LogP contribution in [0.5, 0.6) is 0 Å². The molecule has 0 aliphatic carbocycles. The molecule has 27 heavy (non-hydrogen) atoms. The Hall–Kier alpha value is -2.87. The van der Waals surface area contributed by atoms with Crippen LogP contribution in [0.15, 0.2) is 83.8 Å².